The SMILES string of the molecule is CNNCc1ccc(C(=O)NC(C)C)cc1.C[C@@H]1C[C@H]2[C@@H]3CCC4=CC(=O)C=C[C@]4(C)[C@@]3(F)[C@@H](O)C[C@]2(C)[C@@]1(O)C(=O)CO.Cl. The van der Waals surface area contributed by atoms with Crippen LogP contribution in [0.25, 0.3) is 0 Å². The number of carbonyl (C=O) groups is 3. The third-order valence-electron chi connectivity index (χ3n) is 10.9. The van der Waals surface area contributed by atoms with Crippen molar-refractivity contribution in [3.63, 3.8) is 0 Å². The van der Waals surface area contributed by atoms with E-state index < -0.39 is 52.4 Å². The molecule has 0 spiro atoms. The van der Waals surface area contributed by atoms with Gasteiger partial charge in [-0.05, 0) is 95.2 Å². The van der Waals surface area contributed by atoms with Crippen molar-refractivity contribution in [3.05, 3.63) is 59.2 Å². The largest absolute Gasteiger partial charge is 0.390 e. The van der Waals surface area contributed by atoms with E-state index in [4.69, 9.17) is 0 Å². The van der Waals surface area contributed by atoms with Gasteiger partial charge in [-0.3, -0.25) is 25.2 Å². The van der Waals surface area contributed by atoms with Crippen LogP contribution in [0.15, 0.2) is 48.1 Å². The van der Waals surface area contributed by atoms with Gasteiger partial charge in [-0.1, -0.05) is 37.6 Å². The van der Waals surface area contributed by atoms with E-state index in [1.165, 1.54) is 12.2 Å². The number of hydrogen-bond acceptors (Lipinski definition) is 8. The van der Waals surface area contributed by atoms with Gasteiger partial charge in [-0.2, -0.15) is 0 Å². The number of halogens is 2. The van der Waals surface area contributed by atoms with Crippen LogP contribution in [0.2, 0.25) is 0 Å². The summed E-state index contributed by atoms with van der Waals surface area (Å²) in [6, 6.07) is 7.73. The molecule has 0 unspecified atom stereocenters. The summed E-state index contributed by atoms with van der Waals surface area (Å²) in [6.07, 6.45) is 4.44. The average Bonchev–Trinajstić information content (AvgIpc) is 3.18. The van der Waals surface area contributed by atoms with E-state index in [1.807, 2.05) is 45.2 Å². The van der Waals surface area contributed by atoms with Crippen molar-refractivity contribution in [2.45, 2.75) is 90.3 Å². The zero-order chi connectivity index (χ0) is 32.7. The van der Waals surface area contributed by atoms with Crippen LogP contribution in [0.4, 0.5) is 4.39 Å². The van der Waals surface area contributed by atoms with Gasteiger partial charge in [0.05, 0.1) is 6.10 Å². The van der Waals surface area contributed by atoms with Gasteiger partial charge in [0.1, 0.15) is 12.2 Å². The molecule has 9 nitrogen and oxygen atoms in total. The zero-order valence-electron chi connectivity index (χ0n) is 27.0. The first-order valence-corrected chi connectivity index (χ1v) is 15.6. The van der Waals surface area contributed by atoms with Gasteiger partial charge in [0.15, 0.2) is 17.2 Å². The molecule has 0 aliphatic heterocycles. The molecule has 1 amide bonds. The summed E-state index contributed by atoms with van der Waals surface area (Å²) in [7, 11) is 1.82. The van der Waals surface area contributed by atoms with Gasteiger partial charge in [0, 0.05) is 34.9 Å². The van der Waals surface area contributed by atoms with Crippen molar-refractivity contribution in [1.29, 1.82) is 0 Å². The molecule has 8 atom stereocenters. The monoisotopic (exact) mass is 649 g/mol. The van der Waals surface area contributed by atoms with Crippen molar-refractivity contribution in [2.75, 3.05) is 13.7 Å². The molecule has 1 aromatic rings. The number of benzene rings is 1. The van der Waals surface area contributed by atoms with Crippen LogP contribution in [0.5, 0.6) is 0 Å². The third-order valence-corrected chi connectivity index (χ3v) is 10.9. The molecule has 11 heteroatoms. The summed E-state index contributed by atoms with van der Waals surface area (Å²) in [5.41, 5.74) is 2.51. The number of ketones is 2. The van der Waals surface area contributed by atoms with Gasteiger partial charge in [0.2, 0.25) is 0 Å². The Labute approximate surface area is 271 Å². The molecule has 1 aromatic carbocycles. The van der Waals surface area contributed by atoms with Crippen LogP contribution < -0.4 is 16.2 Å². The Balaban J connectivity index is 0.000000279. The number of amides is 1. The van der Waals surface area contributed by atoms with Crippen molar-refractivity contribution < 1.29 is 34.1 Å². The summed E-state index contributed by atoms with van der Waals surface area (Å²) < 4.78 is 16.9. The van der Waals surface area contributed by atoms with Crippen LogP contribution in [0.1, 0.15) is 76.2 Å². The number of fused-ring (bicyclic) bond motifs is 5. The van der Waals surface area contributed by atoms with E-state index in [0.717, 1.165) is 12.1 Å². The molecule has 0 saturated heterocycles. The van der Waals surface area contributed by atoms with Gasteiger partial charge < -0.3 is 20.6 Å². The number of allylic oxidation sites excluding steroid dienone is 4. The second-order valence-corrected chi connectivity index (χ2v) is 13.7. The predicted octanol–water partition coefficient (Wildman–Crippen LogP) is 3.37. The summed E-state index contributed by atoms with van der Waals surface area (Å²) in [5.74, 6) is -2.14. The van der Waals surface area contributed by atoms with Crippen molar-refractivity contribution >= 4 is 29.9 Å². The molecule has 4 aliphatic rings. The number of rotatable bonds is 7. The molecule has 3 saturated carbocycles. The molecule has 45 heavy (non-hydrogen) atoms. The highest BCUT2D eigenvalue weighted by Gasteiger charge is 2.75. The zero-order valence-corrected chi connectivity index (χ0v) is 27.8. The number of Topliss-reactive ketones (excluding diaryl/α,β-unsaturated/α-hetero) is 1. The maximum absolute atomic E-state index is 16.9. The van der Waals surface area contributed by atoms with Crippen LogP contribution in [-0.2, 0) is 16.1 Å². The molecule has 0 bridgehead atoms. The van der Waals surface area contributed by atoms with Crippen LogP contribution in [0.3, 0.4) is 0 Å². The molecule has 5 rings (SSSR count). The third kappa shape index (κ3) is 6.05. The van der Waals surface area contributed by atoms with Gasteiger partial charge in [0.25, 0.3) is 5.91 Å². The lowest BCUT2D eigenvalue weighted by Gasteiger charge is -2.62. The second-order valence-electron chi connectivity index (χ2n) is 13.7. The molecule has 0 radical (unpaired) electrons. The molecule has 0 aromatic heterocycles. The van der Waals surface area contributed by atoms with E-state index in [2.05, 4.69) is 16.2 Å². The number of aliphatic hydroxyl groups is 3. The number of hydrogen-bond donors (Lipinski definition) is 6. The van der Waals surface area contributed by atoms with Crippen molar-refractivity contribution in [2.24, 2.45) is 28.6 Å². The maximum Gasteiger partial charge on any atom is 0.251 e. The Bertz CT molecular complexity index is 1340. The normalized spacial score (nSPS) is 36.4. The van der Waals surface area contributed by atoms with Gasteiger partial charge in [-0.25, -0.2) is 4.39 Å². The van der Waals surface area contributed by atoms with Crippen LogP contribution >= 0.6 is 12.4 Å². The lowest BCUT2D eigenvalue weighted by atomic mass is 9.44. The van der Waals surface area contributed by atoms with E-state index in [1.54, 1.807) is 26.8 Å². The van der Waals surface area contributed by atoms with E-state index >= 15 is 4.39 Å². The number of alkyl halides is 1. The molecular weight excluding hydrogens is 601 g/mol. The molecular formula is C34H49ClFN3O6. The fourth-order valence-corrected chi connectivity index (χ4v) is 8.57. The molecule has 4 aliphatic carbocycles. The fourth-order valence-electron chi connectivity index (χ4n) is 8.57. The Morgan fingerprint density at radius 2 is 1.78 bits per heavy atom. The minimum Gasteiger partial charge on any atom is -0.390 e. The Kier molecular flexibility index (Phi) is 11.3. The highest BCUT2D eigenvalue weighted by atomic mass is 35.5. The number of aliphatic hydroxyl groups excluding tert-OH is 2. The maximum atomic E-state index is 16.9. The van der Waals surface area contributed by atoms with Gasteiger partial charge >= 0.3 is 0 Å². The lowest BCUT2D eigenvalue weighted by Crippen LogP contribution is -2.69. The van der Waals surface area contributed by atoms with E-state index in [9.17, 15) is 29.7 Å². The smallest absolute Gasteiger partial charge is 0.251 e. The summed E-state index contributed by atoms with van der Waals surface area (Å²) in [4.78, 5) is 36.0. The van der Waals surface area contributed by atoms with E-state index in [0.29, 0.717) is 30.4 Å². The summed E-state index contributed by atoms with van der Waals surface area (Å²) in [5, 5.41) is 34.8. The first-order valence-electron chi connectivity index (χ1n) is 15.6. The quantitative estimate of drug-likeness (QED) is 0.247. The highest BCUT2D eigenvalue weighted by molar-refractivity contribution is 6.01. The second kappa shape index (κ2) is 13.7. The first-order chi connectivity index (χ1) is 20.6. The van der Waals surface area contributed by atoms with Crippen molar-refractivity contribution in [3.8, 4) is 0 Å². The Morgan fingerprint density at radius 3 is 2.36 bits per heavy atom. The van der Waals surface area contributed by atoms with Crippen LogP contribution in [0, 0.1) is 28.6 Å². The number of carbonyl (C=O) groups excluding carboxylic acids is 3. The highest BCUT2D eigenvalue weighted by Crippen LogP contribution is 2.70. The Morgan fingerprint density at radius 1 is 1.13 bits per heavy atom. The minimum absolute atomic E-state index is 0. The standard InChI is InChI=1S/C22H29FO5.C12H19N3O.ClH/c1-12-8-16-15-5-4-13-9-14(25)6-7-19(13,2)21(15,23)17(26)10-20(16,3)22(12,28)18(27)11-24;1-9(2)15-12(16)11-6-4-10(5-7-11)8-14-13-3;/h6-7,9,12,15-17,24,26,28H,4-5,8,10-11H2,1-3H3;4-7,9,13-14H,8H2,1-3H3,(H,15,16);1H/t12-,15+,16+,17+,19+,20+,21+,22+;;/m1../s1. The average molecular weight is 650 g/mol. The van der Waals surface area contributed by atoms with Crippen LogP contribution in [-0.4, -0.2) is 69.9 Å². The number of nitrogens with one attached hydrogen (secondary N) is 3. The minimum atomic E-state index is -1.98. The summed E-state index contributed by atoms with van der Waals surface area (Å²) in [6.45, 7) is 9.11. The van der Waals surface area contributed by atoms with Gasteiger partial charge in [-0.15, -0.1) is 12.4 Å². The summed E-state index contributed by atoms with van der Waals surface area (Å²) >= 11 is 0. The Hall–Kier alpha value is -2.47. The lowest BCUT2D eigenvalue weighted by molar-refractivity contribution is -0.219. The number of hydrazine groups is 1. The predicted molar refractivity (Wildman–Crippen MR) is 172 cm³/mol. The van der Waals surface area contributed by atoms with E-state index in [-0.39, 0.29) is 42.5 Å². The molecule has 250 valence electrons. The topological polar surface area (TPSA) is 148 Å². The molecule has 6 N–H and O–H groups in total. The fraction of sp³-hybridized carbons (Fsp3) is 0.618. The van der Waals surface area contributed by atoms with Crippen molar-refractivity contribution in [1.82, 2.24) is 16.2 Å². The molecule has 0 heterocycles. The molecule has 3 fully saturated rings. The first kappa shape index (κ1) is 37.0.